The molecule has 2 rings (SSSR count). The van der Waals surface area contributed by atoms with Gasteiger partial charge < -0.3 is 10.0 Å². The molecule has 0 aromatic heterocycles. The molecule has 4 unspecified atom stereocenters. The van der Waals surface area contributed by atoms with Gasteiger partial charge in [0.05, 0.1) is 12.0 Å². The van der Waals surface area contributed by atoms with Crippen LogP contribution in [0.3, 0.4) is 0 Å². The molecule has 3 nitrogen and oxygen atoms in total. The molecule has 2 fully saturated rings. The van der Waals surface area contributed by atoms with Crippen LogP contribution in [0.15, 0.2) is 0 Å². The van der Waals surface area contributed by atoms with Crippen LogP contribution in [0.2, 0.25) is 0 Å². The minimum atomic E-state index is -4.19. The number of rotatable bonds is 2. The van der Waals surface area contributed by atoms with Crippen molar-refractivity contribution in [1.29, 1.82) is 0 Å². The zero-order chi connectivity index (χ0) is 15.6. The SMILES string of the molecule is CC(O)C1CCCN(C(=O)C2CCCC(C(F)(F)F)C2)C1. The first-order chi connectivity index (χ1) is 9.79. The summed E-state index contributed by atoms with van der Waals surface area (Å²) in [6, 6.07) is 0. The molecule has 6 heteroatoms. The fourth-order valence-corrected chi connectivity index (χ4v) is 3.57. The highest BCUT2D eigenvalue weighted by Gasteiger charge is 2.44. The van der Waals surface area contributed by atoms with E-state index in [-0.39, 0.29) is 24.7 Å². The Balaban J connectivity index is 1.96. The molecule has 0 spiro atoms. The second-order valence-electron chi connectivity index (χ2n) is 6.53. The van der Waals surface area contributed by atoms with E-state index in [1.54, 1.807) is 11.8 Å². The van der Waals surface area contributed by atoms with Crippen LogP contribution < -0.4 is 0 Å². The van der Waals surface area contributed by atoms with E-state index < -0.39 is 24.1 Å². The standard InChI is InChI=1S/C15H24F3NO2/c1-10(20)12-5-3-7-19(9-12)14(21)11-4-2-6-13(8-11)15(16,17)18/h10-13,20H,2-9H2,1H3. The van der Waals surface area contributed by atoms with Crippen molar-refractivity contribution in [3.63, 3.8) is 0 Å². The van der Waals surface area contributed by atoms with Crippen LogP contribution in [-0.4, -0.2) is 41.3 Å². The van der Waals surface area contributed by atoms with Crippen LogP contribution in [0.4, 0.5) is 13.2 Å². The second kappa shape index (κ2) is 6.55. The molecule has 0 aromatic rings. The molecule has 0 radical (unpaired) electrons. The molecule has 1 saturated heterocycles. The van der Waals surface area contributed by atoms with Gasteiger partial charge in [-0.05, 0) is 39.0 Å². The van der Waals surface area contributed by atoms with E-state index >= 15 is 0 Å². The number of nitrogens with zero attached hydrogens (tertiary/aromatic N) is 1. The fraction of sp³-hybridized carbons (Fsp3) is 0.933. The van der Waals surface area contributed by atoms with Crippen molar-refractivity contribution in [3.8, 4) is 0 Å². The highest BCUT2D eigenvalue weighted by Crippen LogP contribution is 2.40. The van der Waals surface area contributed by atoms with E-state index in [9.17, 15) is 23.1 Å². The largest absolute Gasteiger partial charge is 0.393 e. The number of halogens is 3. The number of carbonyl (C=O) groups is 1. The summed E-state index contributed by atoms with van der Waals surface area (Å²) in [7, 11) is 0. The van der Waals surface area contributed by atoms with Gasteiger partial charge in [0.15, 0.2) is 0 Å². The van der Waals surface area contributed by atoms with Crippen molar-refractivity contribution >= 4 is 5.91 Å². The third-order valence-corrected chi connectivity index (χ3v) is 4.94. The van der Waals surface area contributed by atoms with Crippen LogP contribution in [0.1, 0.15) is 45.4 Å². The molecular weight excluding hydrogens is 283 g/mol. The second-order valence-corrected chi connectivity index (χ2v) is 6.53. The topological polar surface area (TPSA) is 40.5 Å². The van der Waals surface area contributed by atoms with Gasteiger partial charge in [-0.2, -0.15) is 13.2 Å². The van der Waals surface area contributed by atoms with Crippen molar-refractivity contribution in [3.05, 3.63) is 0 Å². The normalized spacial score (nSPS) is 32.8. The highest BCUT2D eigenvalue weighted by atomic mass is 19.4. The molecular formula is C15H24F3NO2. The van der Waals surface area contributed by atoms with Gasteiger partial charge >= 0.3 is 6.18 Å². The van der Waals surface area contributed by atoms with Gasteiger partial charge in [0.1, 0.15) is 0 Å². The summed E-state index contributed by atoms with van der Waals surface area (Å²) in [5.74, 6) is -1.94. The molecule has 1 saturated carbocycles. The minimum absolute atomic E-state index is 0.0460. The number of hydrogen-bond acceptors (Lipinski definition) is 2. The molecule has 0 bridgehead atoms. The summed E-state index contributed by atoms with van der Waals surface area (Å²) in [6.07, 6.45) is -1.89. The molecule has 122 valence electrons. The Morgan fingerprint density at radius 3 is 2.57 bits per heavy atom. The Bertz CT molecular complexity index is 370. The Hall–Kier alpha value is -0.780. The minimum Gasteiger partial charge on any atom is -0.393 e. The number of likely N-dealkylation sites (tertiary alicyclic amines) is 1. The van der Waals surface area contributed by atoms with E-state index in [4.69, 9.17) is 0 Å². The predicted molar refractivity (Wildman–Crippen MR) is 72.5 cm³/mol. The molecule has 1 aliphatic carbocycles. The fourth-order valence-electron chi connectivity index (χ4n) is 3.57. The lowest BCUT2D eigenvalue weighted by Crippen LogP contribution is -2.46. The van der Waals surface area contributed by atoms with Crippen LogP contribution in [0, 0.1) is 17.8 Å². The smallest absolute Gasteiger partial charge is 0.391 e. The third kappa shape index (κ3) is 4.11. The van der Waals surface area contributed by atoms with Crippen molar-refractivity contribution in [2.75, 3.05) is 13.1 Å². The molecule has 1 heterocycles. The third-order valence-electron chi connectivity index (χ3n) is 4.94. The zero-order valence-corrected chi connectivity index (χ0v) is 12.4. The Labute approximate surface area is 123 Å². The van der Waals surface area contributed by atoms with Crippen molar-refractivity contribution < 1.29 is 23.1 Å². The van der Waals surface area contributed by atoms with E-state index in [1.807, 2.05) is 0 Å². The molecule has 21 heavy (non-hydrogen) atoms. The first-order valence-corrected chi connectivity index (χ1v) is 7.82. The zero-order valence-electron chi connectivity index (χ0n) is 12.4. The maximum atomic E-state index is 12.8. The molecule has 4 atom stereocenters. The Morgan fingerprint density at radius 2 is 1.95 bits per heavy atom. The average Bonchev–Trinajstić information content (AvgIpc) is 2.46. The molecule has 0 aromatic carbocycles. The first kappa shape index (κ1) is 16.6. The Kier molecular flexibility index (Phi) is 5.17. The maximum absolute atomic E-state index is 12.8. The van der Waals surface area contributed by atoms with Crippen LogP contribution in [0.5, 0.6) is 0 Å². The summed E-state index contributed by atoms with van der Waals surface area (Å²) < 4.78 is 38.5. The van der Waals surface area contributed by atoms with E-state index in [1.165, 1.54) is 0 Å². The lowest BCUT2D eigenvalue weighted by molar-refractivity contribution is -0.187. The number of alkyl halides is 3. The maximum Gasteiger partial charge on any atom is 0.391 e. The van der Waals surface area contributed by atoms with Crippen molar-refractivity contribution in [1.82, 2.24) is 4.90 Å². The lowest BCUT2D eigenvalue weighted by atomic mass is 9.80. The summed E-state index contributed by atoms with van der Waals surface area (Å²) in [4.78, 5) is 14.1. The van der Waals surface area contributed by atoms with E-state index in [2.05, 4.69) is 0 Å². The molecule has 1 N–H and O–H groups in total. The van der Waals surface area contributed by atoms with Gasteiger partial charge in [-0.3, -0.25) is 4.79 Å². The number of amides is 1. The van der Waals surface area contributed by atoms with Gasteiger partial charge in [0, 0.05) is 24.9 Å². The average molecular weight is 307 g/mol. The van der Waals surface area contributed by atoms with E-state index in [0.29, 0.717) is 25.9 Å². The lowest BCUT2D eigenvalue weighted by Gasteiger charge is -2.38. The van der Waals surface area contributed by atoms with Gasteiger partial charge in [-0.25, -0.2) is 0 Å². The number of aliphatic hydroxyl groups excluding tert-OH is 1. The monoisotopic (exact) mass is 307 g/mol. The van der Waals surface area contributed by atoms with Crippen LogP contribution in [0.25, 0.3) is 0 Å². The molecule has 2 aliphatic rings. The number of hydrogen-bond donors (Lipinski definition) is 1. The van der Waals surface area contributed by atoms with Crippen LogP contribution >= 0.6 is 0 Å². The van der Waals surface area contributed by atoms with Gasteiger partial charge in [-0.15, -0.1) is 0 Å². The predicted octanol–water partition coefficient (Wildman–Crippen LogP) is 2.97. The van der Waals surface area contributed by atoms with Crippen molar-refractivity contribution in [2.24, 2.45) is 17.8 Å². The first-order valence-electron chi connectivity index (χ1n) is 7.82. The number of aliphatic hydroxyl groups is 1. The van der Waals surface area contributed by atoms with E-state index in [0.717, 1.165) is 12.8 Å². The number of piperidine rings is 1. The Morgan fingerprint density at radius 1 is 1.24 bits per heavy atom. The summed E-state index contributed by atoms with van der Waals surface area (Å²) in [6.45, 7) is 2.79. The highest BCUT2D eigenvalue weighted by molar-refractivity contribution is 5.79. The van der Waals surface area contributed by atoms with Crippen molar-refractivity contribution in [2.45, 2.75) is 57.7 Å². The van der Waals surface area contributed by atoms with Gasteiger partial charge in [0.25, 0.3) is 0 Å². The molecule has 1 aliphatic heterocycles. The van der Waals surface area contributed by atoms with Gasteiger partial charge in [-0.1, -0.05) is 6.42 Å². The van der Waals surface area contributed by atoms with Gasteiger partial charge in [0.2, 0.25) is 5.91 Å². The summed E-state index contributed by atoms with van der Waals surface area (Å²) in [5.41, 5.74) is 0. The van der Waals surface area contributed by atoms with Crippen LogP contribution in [-0.2, 0) is 4.79 Å². The summed E-state index contributed by atoms with van der Waals surface area (Å²) in [5, 5.41) is 9.65. The summed E-state index contributed by atoms with van der Waals surface area (Å²) >= 11 is 0. The molecule has 1 amide bonds. The number of carbonyl (C=O) groups excluding carboxylic acids is 1. The quantitative estimate of drug-likeness (QED) is 0.852.